The fraction of sp³-hybridized carbons (Fsp3) is 0.359. The summed E-state index contributed by atoms with van der Waals surface area (Å²) < 4.78 is 7.34. The lowest BCUT2D eigenvalue weighted by atomic mass is 9.90. The van der Waals surface area contributed by atoms with Crippen LogP contribution in [0, 0.1) is 6.92 Å². The predicted octanol–water partition coefficient (Wildman–Crippen LogP) is 3.30. The maximum Gasteiger partial charge on any atom is 0.244 e. The molecule has 15 heteroatoms. The third kappa shape index (κ3) is 6.66. The number of aromatic nitrogens is 5. The second-order valence-corrected chi connectivity index (χ2v) is 14.3. The number of hydrogen-bond donors (Lipinski definition) is 3. The molecule has 5 aromatic rings. The third-order valence-electron chi connectivity index (χ3n) is 11.0. The lowest BCUT2D eigenvalue weighted by Gasteiger charge is -2.49. The standard InChI is InChI=1S/C39H41N11O4/c1-24-32(19-41-38-36(24)40-10-15-54-38)26-2-3-27-17-42-39(45-33(27)16-26)44-28-18-43-50(20-28)23-35(52)48-13-11-47(12-14-48)30-21-49(22-30)29-6-4-25(5-7-29)31-8-9-34(51)46-37(31)53/h2-7,16-20,30-31,40H,8-15,21-23H2,1H3,(H,42,44,45)(H,46,51,53). The first-order valence-electron chi connectivity index (χ1n) is 18.5. The molecule has 15 nitrogen and oxygen atoms in total. The highest BCUT2D eigenvalue weighted by Gasteiger charge is 2.35. The molecule has 0 saturated carbocycles. The van der Waals surface area contributed by atoms with E-state index in [0.29, 0.717) is 56.1 Å². The fourth-order valence-electron chi connectivity index (χ4n) is 7.81. The number of piperidine rings is 1. The Bertz CT molecular complexity index is 2240. The first-order chi connectivity index (χ1) is 26.3. The highest BCUT2D eigenvalue weighted by atomic mass is 16.5. The third-order valence-corrected chi connectivity index (χ3v) is 11.0. The molecule has 1 unspecified atom stereocenters. The maximum absolute atomic E-state index is 13.2. The van der Waals surface area contributed by atoms with Crippen LogP contribution >= 0.6 is 0 Å². The summed E-state index contributed by atoms with van der Waals surface area (Å²) in [5.41, 5.74) is 7.59. The van der Waals surface area contributed by atoms with Gasteiger partial charge in [-0.05, 0) is 48.2 Å². The van der Waals surface area contributed by atoms with Crippen LogP contribution in [0.1, 0.15) is 29.9 Å². The van der Waals surface area contributed by atoms with Crippen LogP contribution < -0.4 is 25.6 Å². The molecule has 276 valence electrons. The van der Waals surface area contributed by atoms with Crippen LogP contribution in [0.5, 0.6) is 5.88 Å². The van der Waals surface area contributed by atoms with Crippen molar-refractivity contribution < 1.29 is 19.1 Å². The fourth-order valence-corrected chi connectivity index (χ4v) is 7.81. The van der Waals surface area contributed by atoms with Crippen molar-refractivity contribution in [2.45, 2.75) is 38.3 Å². The Morgan fingerprint density at radius 1 is 1.00 bits per heavy atom. The molecule has 3 amide bonds. The number of rotatable bonds is 8. The summed E-state index contributed by atoms with van der Waals surface area (Å²) in [5.74, 6) is 0.441. The van der Waals surface area contributed by atoms with Crippen LogP contribution in [-0.4, -0.2) is 111 Å². The van der Waals surface area contributed by atoms with Gasteiger partial charge in [0.1, 0.15) is 18.8 Å². The number of carbonyl (C=O) groups is 3. The number of piperazine rings is 1. The first-order valence-corrected chi connectivity index (χ1v) is 18.5. The molecule has 3 N–H and O–H groups in total. The van der Waals surface area contributed by atoms with E-state index in [1.807, 2.05) is 35.4 Å². The van der Waals surface area contributed by atoms with E-state index in [-0.39, 0.29) is 30.2 Å². The van der Waals surface area contributed by atoms with E-state index in [0.717, 1.165) is 77.3 Å². The predicted molar refractivity (Wildman–Crippen MR) is 203 cm³/mol. The quantitative estimate of drug-likeness (QED) is 0.200. The summed E-state index contributed by atoms with van der Waals surface area (Å²) in [7, 11) is 0. The molecule has 3 fully saturated rings. The van der Waals surface area contributed by atoms with Gasteiger partial charge in [0.2, 0.25) is 29.5 Å². The molecule has 3 aromatic heterocycles. The zero-order valence-electron chi connectivity index (χ0n) is 30.0. The molecule has 4 aliphatic rings. The Morgan fingerprint density at radius 2 is 1.83 bits per heavy atom. The largest absolute Gasteiger partial charge is 0.474 e. The number of fused-ring (bicyclic) bond motifs is 2. The van der Waals surface area contributed by atoms with Crippen LogP contribution in [0.4, 0.5) is 23.0 Å². The summed E-state index contributed by atoms with van der Waals surface area (Å²) >= 11 is 0. The molecule has 7 heterocycles. The number of anilines is 4. The highest BCUT2D eigenvalue weighted by molar-refractivity contribution is 6.01. The van der Waals surface area contributed by atoms with Crippen molar-refractivity contribution in [1.82, 2.24) is 39.8 Å². The number of nitrogens with zero attached hydrogens (tertiary/aromatic N) is 8. The zero-order valence-corrected chi connectivity index (χ0v) is 30.0. The van der Waals surface area contributed by atoms with Crippen molar-refractivity contribution in [1.29, 1.82) is 0 Å². The van der Waals surface area contributed by atoms with Gasteiger partial charge in [-0.15, -0.1) is 0 Å². The van der Waals surface area contributed by atoms with Crippen molar-refractivity contribution in [2.24, 2.45) is 0 Å². The summed E-state index contributed by atoms with van der Waals surface area (Å²) in [4.78, 5) is 57.5. The van der Waals surface area contributed by atoms with Crippen LogP contribution in [0.2, 0.25) is 0 Å². The molecule has 0 bridgehead atoms. The van der Waals surface area contributed by atoms with E-state index >= 15 is 0 Å². The number of nitrogens with one attached hydrogen (secondary N) is 3. The molecule has 2 aromatic carbocycles. The molecule has 9 rings (SSSR count). The molecule has 0 spiro atoms. The van der Waals surface area contributed by atoms with Crippen LogP contribution in [0.3, 0.4) is 0 Å². The van der Waals surface area contributed by atoms with Gasteiger partial charge in [-0.25, -0.2) is 15.0 Å². The normalized spacial score (nSPS) is 19.1. The van der Waals surface area contributed by atoms with Gasteiger partial charge in [0.15, 0.2) is 0 Å². The highest BCUT2D eigenvalue weighted by Crippen LogP contribution is 2.36. The molecule has 0 radical (unpaired) electrons. The van der Waals surface area contributed by atoms with Gasteiger partial charge < -0.3 is 25.2 Å². The lowest BCUT2D eigenvalue weighted by molar-refractivity contribution is -0.135. The number of carbonyl (C=O) groups excluding carboxylic acids is 3. The second kappa shape index (κ2) is 14.0. The maximum atomic E-state index is 13.2. The summed E-state index contributed by atoms with van der Waals surface area (Å²) in [6, 6.07) is 14.7. The van der Waals surface area contributed by atoms with Crippen molar-refractivity contribution in [3.63, 3.8) is 0 Å². The SMILES string of the molecule is Cc1c(-c2ccc3cnc(Nc4cnn(CC(=O)N5CCN(C6CN(c7ccc(C8CCC(=O)NC8=O)cc7)C6)CC5)c4)nc3c2)cnc2c1NCCO2. The number of ether oxygens (including phenoxy) is 1. The summed E-state index contributed by atoms with van der Waals surface area (Å²) in [6.07, 6.45) is 8.04. The summed E-state index contributed by atoms with van der Waals surface area (Å²) in [6.45, 7) is 8.46. The molecule has 4 aliphatic heterocycles. The Balaban J connectivity index is 0.757. The van der Waals surface area contributed by atoms with E-state index < -0.39 is 0 Å². The minimum atomic E-state index is -0.268. The van der Waals surface area contributed by atoms with Gasteiger partial charge >= 0.3 is 0 Å². The number of pyridine rings is 1. The van der Waals surface area contributed by atoms with Gasteiger partial charge in [0.25, 0.3) is 0 Å². The van der Waals surface area contributed by atoms with E-state index in [9.17, 15) is 14.4 Å². The molecule has 0 aliphatic carbocycles. The monoisotopic (exact) mass is 727 g/mol. The van der Waals surface area contributed by atoms with E-state index in [2.05, 4.69) is 65.9 Å². The zero-order chi connectivity index (χ0) is 36.8. The van der Waals surface area contributed by atoms with Gasteiger partial charge in [-0.3, -0.25) is 29.3 Å². The van der Waals surface area contributed by atoms with Crippen molar-refractivity contribution >= 4 is 51.6 Å². The Morgan fingerprint density at radius 3 is 2.65 bits per heavy atom. The smallest absolute Gasteiger partial charge is 0.244 e. The molecule has 54 heavy (non-hydrogen) atoms. The minimum Gasteiger partial charge on any atom is -0.474 e. The Labute approximate surface area is 311 Å². The topological polar surface area (TPSA) is 163 Å². The van der Waals surface area contributed by atoms with Gasteiger partial charge in [-0.1, -0.05) is 24.3 Å². The van der Waals surface area contributed by atoms with Crippen LogP contribution in [0.25, 0.3) is 22.0 Å². The van der Waals surface area contributed by atoms with Crippen molar-refractivity contribution in [3.8, 4) is 17.0 Å². The average molecular weight is 728 g/mol. The van der Waals surface area contributed by atoms with Crippen molar-refractivity contribution in [2.75, 3.05) is 68.0 Å². The minimum absolute atomic E-state index is 0.0406. The number of imide groups is 1. The average Bonchev–Trinajstić information content (AvgIpc) is 3.61. The number of amides is 3. The van der Waals surface area contributed by atoms with Gasteiger partial charge in [0, 0.05) is 93.5 Å². The first kappa shape index (κ1) is 33.7. The molecular weight excluding hydrogens is 687 g/mol. The number of benzene rings is 2. The molecular formula is C39H41N11O4. The van der Waals surface area contributed by atoms with Crippen LogP contribution in [-0.2, 0) is 20.9 Å². The molecule has 3 saturated heterocycles. The Kier molecular flexibility index (Phi) is 8.77. The van der Waals surface area contributed by atoms with Crippen molar-refractivity contribution in [3.05, 3.63) is 78.4 Å². The Hall–Kier alpha value is -6.09. The summed E-state index contributed by atoms with van der Waals surface area (Å²) in [5, 5.41) is 14.4. The van der Waals surface area contributed by atoms with Gasteiger partial charge in [0.05, 0.1) is 23.3 Å². The van der Waals surface area contributed by atoms with E-state index in [1.54, 1.807) is 23.3 Å². The van der Waals surface area contributed by atoms with E-state index in [1.165, 1.54) is 0 Å². The molecule has 1 atom stereocenters. The van der Waals surface area contributed by atoms with Crippen LogP contribution in [0.15, 0.2) is 67.3 Å². The number of hydrogen-bond acceptors (Lipinski definition) is 12. The second-order valence-electron chi connectivity index (χ2n) is 14.3. The van der Waals surface area contributed by atoms with E-state index in [4.69, 9.17) is 9.72 Å². The lowest BCUT2D eigenvalue weighted by Crippen LogP contribution is -2.63. The van der Waals surface area contributed by atoms with Gasteiger partial charge in [-0.2, -0.15) is 5.10 Å².